The molecule has 0 fully saturated rings. The molecule has 136 valence electrons. The Morgan fingerprint density at radius 3 is 1.24 bits per heavy atom. The van der Waals surface area contributed by atoms with Crippen LogP contribution in [-0.4, -0.2) is 40.6 Å². The van der Waals surface area contributed by atoms with Crippen molar-refractivity contribution in [2.24, 2.45) is 0 Å². The van der Waals surface area contributed by atoms with Crippen LogP contribution in [0.1, 0.15) is 11.1 Å². The van der Waals surface area contributed by atoms with E-state index in [0.717, 1.165) is 22.6 Å². The minimum Gasteiger partial charge on any atom is -0.497 e. The first kappa shape index (κ1) is 19.2. The van der Waals surface area contributed by atoms with Crippen LogP contribution < -0.4 is 9.47 Å². The van der Waals surface area contributed by atoms with Gasteiger partial charge in [0, 0.05) is 0 Å². The molecule has 5 heteroatoms. The van der Waals surface area contributed by atoms with Crippen molar-refractivity contribution in [1.82, 2.24) is 0 Å². The van der Waals surface area contributed by atoms with Crippen molar-refractivity contribution in [3.05, 3.63) is 59.7 Å². The normalized spacial score (nSPS) is 10.6. The molecule has 0 aliphatic rings. The Morgan fingerprint density at radius 1 is 0.520 bits per heavy atom. The van der Waals surface area contributed by atoms with Crippen molar-refractivity contribution in [1.29, 1.82) is 0 Å². The summed E-state index contributed by atoms with van der Waals surface area (Å²) in [5, 5.41) is 0. The topological polar surface area (TPSA) is 46.2 Å². The molecule has 0 heterocycles. The Labute approximate surface area is 149 Å². The Morgan fingerprint density at radius 2 is 0.880 bits per heavy atom. The zero-order valence-electron chi connectivity index (χ0n) is 14.9. The highest BCUT2D eigenvalue weighted by molar-refractivity contribution is 5.27. The summed E-state index contributed by atoms with van der Waals surface area (Å²) in [4.78, 5) is 0. The second-order valence-corrected chi connectivity index (χ2v) is 5.41. The highest BCUT2D eigenvalue weighted by atomic mass is 16.5. The van der Waals surface area contributed by atoms with Crippen LogP contribution in [0.2, 0.25) is 0 Å². The maximum atomic E-state index is 5.57. The van der Waals surface area contributed by atoms with Gasteiger partial charge in [-0.2, -0.15) is 0 Å². The molecule has 0 unspecified atom stereocenters. The Hall–Kier alpha value is -2.08. The lowest BCUT2D eigenvalue weighted by atomic mass is 10.2. The molecule has 0 spiro atoms. The lowest BCUT2D eigenvalue weighted by molar-refractivity contribution is 0.00703. The lowest BCUT2D eigenvalue weighted by Gasteiger charge is -2.08. The molecule has 2 rings (SSSR count). The van der Waals surface area contributed by atoms with Crippen LogP contribution in [0, 0.1) is 0 Å². The van der Waals surface area contributed by atoms with Crippen LogP contribution in [0.4, 0.5) is 0 Å². The molecule has 0 aromatic heterocycles. The largest absolute Gasteiger partial charge is 0.497 e. The zero-order chi connectivity index (χ0) is 17.7. The minimum absolute atomic E-state index is 0.558. The molecule has 0 aliphatic carbocycles. The van der Waals surface area contributed by atoms with Crippen molar-refractivity contribution in [2.45, 2.75) is 13.2 Å². The average molecular weight is 346 g/mol. The van der Waals surface area contributed by atoms with E-state index in [0.29, 0.717) is 39.6 Å². The maximum absolute atomic E-state index is 5.57. The molecule has 0 bridgehead atoms. The fraction of sp³-hybridized carbons (Fsp3) is 0.400. The quantitative estimate of drug-likeness (QED) is 0.551. The lowest BCUT2D eigenvalue weighted by Crippen LogP contribution is -2.09. The van der Waals surface area contributed by atoms with Crippen LogP contribution >= 0.6 is 0 Å². The molecule has 0 radical (unpaired) electrons. The van der Waals surface area contributed by atoms with Crippen LogP contribution in [0.3, 0.4) is 0 Å². The average Bonchev–Trinajstić information content (AvgIpc) is 2.67. The third kappa shape index (κ3) is 7.56. The van der Waals surface area contributed by atoms with Crippen molar-refractivity contribution < 1.29 is 23.7 Å². The number of hydrogen-bond acceptors (Lipinski definition) is 5. The van der Waals surface area contributed by atoms with Crippen LogP contribution in [0.25, 0.3) is 0 Å². The van der Waals surface area contributed by atoms with E-state index in [-0.39, 0.29) is 0 Å². The van der Waals surface area contributed by atoms with Gasteiger partial charge in [-0.1, -0.05) is 24.3 Å². The van der Waals surface area contributed by atoms with E-state index in [1.807, 2.05) is 48.5 Å². The molecule has 0 amide bonds. The second-order valence-electron chi connectivity index (χ2n) is 5.41. The molecule has 0 aliphatic heterocycles. The first-order chi connectivity index (χ1) is 12.3. The van der Waals surface area contributed by atoms with Crippen molar-refractivity contribution in [2.75, 3.05) is 40.6 Å². The number of methoxy groups -OCH3 is 2. The first-order valence-electron chi connectivity index (χ1n) is 8.31. The Balaban J connectivity index is 1.45. The molecule has 0 N–H and O–H groups in total. The van der Waals surface area contributed by atoms with Gasteiger partial charge < -0.3 is 23.7 Å². The predicted molar refractivity (Wildman–Crippen MR) is 96.1 cm³/mol. The van der Waals surface area contributed by atoms with Crippen molar-refractivity contribution in [3.63, 3.8) is 0 Å². The van der Waals surface area contributed by atoms with E-state index < -0.39 is 0 Å². The van der Waals surface area contributed by atoms with Gasteiger partial charge >= 0.3 is 0 Å². The summed E-state index contributed by atoms with van der Waals surface area (Å²) < 4.78 is 26.9. The molecule has 0 saturated carbocycles. The molecule has 0 atom stereocenters. The molecule has 0 saturated heterocycles. The summed E-state index contributed by atoms with van der Waals surface area (Å²) in [6.45, 7) is 3.38. The van der Waals surface area contributed by atoms with Gasteiger partial charge in [0.2, 0.25) is 0 Å². The molecule has 25 heavy (non-hydrogen) atoms. The van der Waals surface area contributed by atoms with E-state index in [2.05, 4.69) is 0 Å². The molecule has 5 nitrogen and oxygen atoms in total. The van der Waals surface area contributed by atoms with Crippen LogP contribution in [0.5, 0.6) is 11.5 Å². The number of ether oxygens (including phenoxy) is 5. The number of hydrogen-bond donors (Lipinski definition) is 0. The fourth-order valence-electron chi connectivity index (χ4n) is 2.16. The van der Waals surface area contributed by atoms with Crippen molar-refractivity contribution in [3.8, 4) is 11.5 Å². The van der Waals surface area contributed by atoms with Gasteiger partial charge in [0.25, 0.3) is 0 Å². The van der Waals surface area contributed by atoms with Gasteiger partial charge in [-0.05, 0) is 35.4 Å². The van der Waals surface area contributed by atoms with E-state index in [4.69, 9.17) is 23.7 Å². The number of benzene rings is 2. The Kier molecular flexibility index (Phi) is 8.83. The monoisotopic (exact) mass is 346 g/mol. The van der Waals surface area contributed by atoms with Gasteiger partial charge in [-0.25, -0.2) is 0 Å². The van der Waals surface area contributed by atoms with Crippen LogP contribution in [-0.2, 0) is 27.4 Å². The summed E-state index contributed by atoms with van der Waals surface area (Å²) >= 11 is 0. The molecule has 2 aromatic rings. The molecular weight excluding hydrogens is 320 g/mol. The smallest absolute Gasteiger partial charge is 0.118 e. The third-order valence-electron chi connectivity index (χ3n) is 3.60. The summed E-state index contributed by atoms with van der Waals surface area (Å²) in [6.07, 6.45) is 0. The van der Waals surface area contributed by atoms with Gasteiger partial charge in [0.05, 0.1) is 53.9 Å². The van der Waals surface area contributed by atoms with E-state index in [9.17, 15) is 0 Å². The molecule has 2 aromatic carbocycles. The maximum Gasteiger partial charge on any atom is 0.118 e. The van der Waals surface area contributed by atoms with E-state index >= 15 is 0 Å². The fourth-order valence-corrected chi connectivity index (χ4v) is 2.16. The zero-order valence-corrected chi connectivity index (χ0v) is 14.9. The number of rotatable bonds is 12. The predicted octanol–water partition coefficient (Wildman–Crippen LogP) is 3.45. The van der Waals surface area contributed by atoms with E-state index in [1.54, 1.807) is 14.2 Å². The van der Waals surface area contributed by atoms with Gasteiger partial charge in [0.15, 0.2) is 0 Å². The standard InChI is InChI=1S/C20H26O5/c1-21-19-7-3-17(4-8-19)15-24-13-11-23-12-14-25-16-18-5-9-20(22-2)10-6-18/h3-10H,11-16H2,1-2H3. The van der Waals surface area contributed by atoms with Gasteiger partial charge in [-0.3, -0.25) is 0 Å². The summed E-state index contributed by atoms with van der Waals surface area (Å²) in [5.74, 6) is 1.70. The summed E-state index contributed by atoms with van der Waals surface area (Å²) in [6, 6.07) is 15.7. The van der Waals surface area contributed by atoms with Crippen LogP contribution in [0.15, 0.2) is 48.5 Å². The molecular formula is C20H26O5. The summed E-state index contributed by atoms with van der Waals surface area (Å²) in [5.41, 5.74) is 2.23. The second kappa shape index (κ2) is 11.5. The summed E-state index contributed by atoms with van der Waals surface area (Å²) in [7, 11) is 3.31. The van der Waals surface area contributed by atoms with E-state index in [1.165, 1.54) is 0 Å². The first-order valence-corrected chi connectivity index (χ1v) is 8.31. The van der Waals surface area contributed by atoms with Crippen molar-refractivity contribution >= 4 is 0 Å². The van der Waals surface area contributed by atoms with Gasteiger partial charge in [-0.15, -0.1) is 0 Å². The highest BCUT2D eigenvalue weighted by Gasteiger charge is 1.97. The Bertz CT molecular complexity index is 527. The SMILES string of the molecule is COc1ccc(COCCOCCOCc2ccc(OC)cc2)cc1. The minimum atomic E-state index is 0.558. The van der Waals surface area contributed by atoms with Gasteiger partial charge in [0.1, 0.15) is 11.5 Å². The highest BCUT2D eigenvalue weighted by Crippen LogP contribution is 2.12. The third-order valence-corrected chi connectivity index (χ3v) is 3.60.